The predicted molar refractivity (Wildman–Crippen MR) is 106 cm³/mol. The van der Waals surface area contributed by atoms with Crippen molar-refractivity contribution >= 4 is 11.8 Å². The summed E-state index contributed by atoms with van der Waals surface area (Å²) in [5.74, 6) is -1.17. The molecule has 150 valence electrons. The van der Waals surface area contributed by atoms with E-state index in [4.69, 9.17) is 5.21 Å². The monoisotopic (exact) mass is 393 g/mol. The van der Waals surface area contributed by atoms with E-state index in [-0.39, 0.29) is 18.2 Å². The number of hydrogen-bond donors (Lipinski definition) is 4. The maximum Gasteiger partial charge on any atom is 0.251 e. The van der Waals surface area contributed by atoms with E-state index in [9.17, 15) is 9.59 Å². The lowest BCUT2D eigenvalue weighted by atomic mass is 9.87. The molecule has 0 fully saturated rings. The highest BCUT2D eigenvalue weighted by atomic mass is 16.5. The Bertz CT molecular complexity index is 927. The molecule has 8 nitrogen and oxygen atoms in total. The van der Waals surface area contributed by atoms with Crippen LogP contribution >= 0.6 is 0 Å². The Balaban J connectivity index is 1.89. The Hall–Kier alpha value is -3.52. The van der Waals surface area contributed by atoms with Gasteiger partial charge in [0.05, 0.1) is 12.2 Å². The maximum atomic E-state index is 12.9. The Labute approximate surface area is 168 Å². The molecular weight excluding hydrogens is 370 g/mol. The van der Waals surface area contributed by atoms with Gasteiger partial charge in [-0.3, -0.25) is 14.8 Å². The highest BCUT2D eigenvalue weighted by Crippen LogP contribution is 2.27. The van der Waals surface area contributed by atoms with E-state index < -0.39 is 11.9 Å². The number of hydrogen-bond acceptors (Lipinski definition) is 5. The van der Waals surface area contributed by atoms with Gasteiger partial charge < -0.3 is 5.32 Å². The summed E-state index contributed by atoms with van der Waals surface area (Å²) in [6.07, 6.45) is 2.02. The smallest absolute Gasteiger partial charge is 0.251 e. The number of aromatic amines is 1. The Morgan fingerprint density at radius 1 is 1.10 bits per heavy atom. The fourth-order valence-corrected chi connectivity index (χ4v) is 3.23. The van der Waals surface area contributed by atoms with Crippen molar-refractivity contribution in [3.63, 3.8) is 0 Å². The quantitative estimate of drug-likeness (QED) is 0.346. The van der Waals surface area contributed by atoms with Crippen molar-refractivity contribution in [1.29, 1.82) is 0 Å². The molecule has 0 aliphatic rings. The standard InChI is InChI=1S/C21H23N5O3/c1-14-7-9-16(10-8-14)21(28)23-20(18-13-22-26-24-18)17(12-19(27)25-29)11-15-5-3-2-4-6-15/h2-10,13,17,20,29H,11-12H2,1H3,(H,23,28)(H,25,27)(H,22,24,26). The number of aromatic nitrogens is 3. The summed E-state index contributed by atoms with van der Waals surface area (Å²) in [6, 6.07) is 16.3. The normalized spacial score (nSPS) is 12.8. The zero-order valence-electron chi connectivity index (χ0n) is 16.0. The lowest BCUT2D eigenvalue weighted by Crippen LogP contribution is -2.37. The van der Waals surface area contributed by atoms with Gasteiger partial charge in [-0.05, 0) is 37.0 Å². The fraction of sp³-hybridized carbons (Fsp3) is 0.238. The van der Waals surface area contributed by atoms with Gasteiger partial charge in [-0.1, -0.05) is 48.0 Å². The van der Waals surface area contributed by atoms with Crippen LogP contribution in [-0.2, 0) is 11.2 Å². The van der Waals surface area contributed by atoms with Crippen molar-refractivity contribution in [2.24, 2.45) is 5.92 Å². The third-order valence-corrected chi connectivity index (χ3v) is 4.74. The number of carbonyl (C=O) groups excluding carboxylic acids is 2. The van der Waals surface area contributed by atoms with Crippen molar-refractivity contribution in [2.45, 2.75) is 25.8 Å². The number of aryl methyl sites for hydroxylation is 1. The largest absolute Gasteiger partial charge is 0.343 e. The average molecular weight is 393 g/mol. The van der Waals surface area contributed by atoms with Gasteiger partial charge in [-0.25, -0.2) is 5.48 Å². The van der Waals surface area contributed by atoms with E-state index in [0.29, 0.717) is 17.7 Å². The molecule has 2 atom stereocenters. The van der Waals surface area contributed by atoms with Crippen LogP contribution in [0.15, 0.2) is 60.8 Å². The van der Waals surface area contributed by atoms with Crippen LogP contribution in [0.2, 0.25) is 0 Å². The van der Waals surface area contributed by atoms with Gasteiger partial charge in [0.2, 0.25) is 5.91 Å². The first-order chi connectivity index (χ1) is 14.1. The molecule has 1 aromatic heterocycles. The number of hydroxylamine groups is 1. The molecule has 3 rings (SSSR count). The SMILES string of the molecule is Cc1ccc(C(=O)NC(c2cn[nH]n2)C(CC(=O)NO)Cc2ccccc2)cc1. The number of amides is 2. The van der Waals surface area contributed by atoms with Gasteiger partial charge in [0.25, 0.3) is 5.91 Å². The van der Waals surface area contributed by atoms with Crippen molar-refractivity contribution in [3.8, 4) is 0 Å². The third kappa shape index (κ3) is 5.49. The molecular formula is C21H23N5O3. The molecule has 2 amide bonds. The zero-order valence-corrected chi connectivity index (χ0v) is 16.0. The minimum absolute atomic E-state index is 0.00288. The van der Waals surface area contributed by atoms with Crippen LogP contribution in [-0.4, -0.2) is 32.4 Å². The van der Waals surface area contributed by atoms with Gasteiger partial charge in [-0.2, -0.15) is 15.4 Å². The van der Waals surface area contributed by atoms with Gasteiger partial charge in [-0.15, -0.1) is 0 Å². The molecule has 0 saturated heterocycles. The molecule has 8 heteroatoms. The van der Waals surface area contributed by atoms with E-state index in [1.165, 1.54) is 6.20 Å². The van der Waals surface area contributed by atoms with Crippen LogP contribution in [0.3, 0.4) is 0 Å². The summed E-state index contributed by atoms with van der Waals surface area (Å²) in [7, 11) is 0. The Kier molecular flexibility index (Phi) is 6.70. The molecule has 0 spiro atoms. The van der Waals surface area contributed by atoms with Crippen molar-refractivity contribution in [3.05, 3.63) is 83.2 Å². The van der Waals surface area contributed by atoms with Crippen LogP contribution in [0.5, 0.6) is 0 Å². The van der Waals surface area contributed by atoms with Crippen LogP contribution in [0.4, 0.5) is 0 Å². The zero-order chi connectivity index (χ0) is 20.6. The van der Waals surface area contributed by atoms with Crippen molar-refractivity contribution < 1.29 is 14.8 Å². The van der Waals surface area contributed by atoms with Gasteiger partial charge in [0, 0.05) is 12.0 Å². The summed E-state index contributed by atoms with van der Waals surface area (Å²) in [6.45, 7) is 1.95. The van der Waals surface area contributed by atoms with Crippen molar-refractivity contribution in [2.75, 3.05) is 0 Å². The Morgan fingerprint density at radius 3 is 2.45 bits per heavy atom. The van der Waals surface area contributed by atoms with E-state index in [1.807, 2.05) is 49.4 Å². The number of nitrogens with one attached hydrogen (secondary N) is 3. The van der Waals surface area contributed by atoms with Gasteiger partial charge in [0.1, 0.15) is 5.69 Å². The third-order valence-electron chi connectivity index (χ3n) is 4.74. The van der Waals surface area contributed by atoms with E-state index in [1.54, 1.807) is 17.6 Å². The number of rotatable bonds is 8. The van der Waals surface area contributed by atoms with Crippen LogP contribution in [0.25, 0.3) is 0 Å². The first-order valence-corrected chi connectivity index (χ1v) is 9.27. The summed E-state index contributed by atoms with van der Waals surface area (Å²) in [5.41, 5.74) is 4.75. The summed E-state index contributed by atoms with van der Waals surface area (Å²) in [4.78, 5) is 24.8. The first kappa shape index (κ1) is 20.2. The number of carbonyl (C=O) groups is 2. The lowest BCUT2D eigenvalue weighted by molar-refractivity contribution is -0.130. The average Bonchev–Trinajstić information content (AvgIpc) is 3.27. The molecule has 1 heterocycles. The van der Waals surface area contributed by atoms with E-state index in [2.05, 4.69) is 20.7 Å². The highest BCUT2D eigenvalue weighted by Gasteiger charge is 2.29. The van der Waals surface area contributed by atoms with Crippen LogP contribution < -0.4 is 10.8 Å². The number of benzene rings is 2. The summed E-state index contributed by atoms with van der Waals surface area (Å²) < 4.78 is 0. The molecule has 2 aromatic carbocycles. The van der Waals surface area contributed by atoms with Crippen molar-refractivity contribution in [1.82, 2.24) is 26.2 Å². The second-order valence-corrected chi connectivity index (χ2v) is 6.90. The second kappa shape index (κ2) is 9.61. The minimum Gasteiger partial charge on any atom is -0.343 e. The molecule has 0 aliphatic carbocycles. The van der Waals surface area contributed by atoms with E-state index in [0.717, 1.165) is 11.1 Å². The molecule has 3 aromatic rings. The second-order valence-electron chi connectivity index (χ2n) is 6.90. The predicted octanol–water partition coefficient (Wildman–Crippen LogP) is 2.34. The molecule has 0 saturated carbocycles. The summed E-state index contributed by atoms with van der Waals surface area (Å²) >= 11 is 0. The van der Waals surface area contributed by atoms with Crippen LogP contribution in [0.1, 0.15) is 39.6 Å². The highest BCUT2D eigenvalue weighted by molar-refractivity contribution is 5.94. The maximum absolute atomic E-state index is 12.9. The molecule has 4 N–H and O–H groups in total. The molecule has 0 radical (unpaired) electrons. The van der Waals surface area contributed by atoms with E-state index >= 15 is 0 Å². The number of nitrogens with zero attached hydrogens (tertiary/aromatic N) is 2. The molecule has 29 heavy (non-hydrogen) atoms. The fourth-order valence-electron chi connectivity index (χ4n) is 3.23. The Morgan fingerprint density at radius 2 is 1.83 bits per heavy atom. The van der Waals surface area contributed by atoms with Gasteiger partial charge >= 0.3 is 0 Å². The lowest BCUT2D eigenvalue weighted by Gasteiger charge is -2.26. The number of H-pyrrole nitrogens is 1. The topological polar surface area (TPSA) is 120 Å². The molecule has 0 aliphatic heterocycles. The minimum atomic E-state index is -0.583. The van der Waals surface area contributed by atoms with Crippen LogP contribution in [0, 0.1) is 12.8 Å². The molecule has 0 bridgehead atoms. The molecule has 2 unspecified atom stereocenters. The van der Waals surface area contributed by atoms with Gasteiger partial charge in [0.15, 0.2) is 0 Å². The first-order valence-electron chi connectivity index (χ1n) is 9.27. The summed E-state index contributed by atoms with van der Waals surface area (Å²) in [5, 5.41) is 22.5.